The molecule has 0 aromatic heterocycles. The average molecular weight is 327 g/mol. The Balaban J connectivity index is 1.67. The van der Waals surface area contributed by atoms with E-state index in [0.717, 1.165) is 29.9 Å². The van der Waals surface area contributed by atoms with Crippen LogP contribution in [-0.2, 0) is 11.2 Å². The van der Waals surface area contributed by atoms with E-state index in [1.807, 2.05) is 50.2 Å². The number of hydrogen-bond acceptors (Lipinski definition) is 3. The van der Waals surface area contributed by atoms with Crippen LogP contribution in [0.25, 0.3) is 0 Å². The Morgan fingerprint density at radius 1 is 1.12 bits per heavy atom. The zero-order chi connectivity index (χ0) is 17.4. The molecule has 0 spiro atoms. The van der Waals surface area contributed by atoms with Crippen molar-refractivity contribution in [2.45, 2.75) is 26.7 Å². The molecule has 4 nitrogen and oxygen atoms in total. The fourth-order valence-corrected chi connectivity index (χ4v) is 2.50. The maximum atomic E-state index is 11.9. The number of hydrogen-bond donors (Lipinski definition) is 1. The van der Waals surface area contributed by atoms with Crippen LogP contribution in [0.5, 0.6) is 11.5 Å². The zero-order valence-corrected chi connectivity index (χ0v) is 14.6. The second kappa shape index (κ2) is 8.96. The average Bonchev–Trinajstić information content (AvgIpc) is 2.58. The Kier molecular flexibility index (Phi) is 6.67. The number of aryl methyl sites for hydroxylation is 3. The lowest BCUT2D eigenvalue weighted by molar-refractivity contribution is -0.123. The van der Waals surface area contributed by atoms with Crippen LogP contribution < -0.4 is 14.8 Å². The van der Waals surface area contributed by atoms with Crippen LogP contribution in [0.1, 0.15) is 23.1 Å². The van der Waals surface area contributed by atoms with Crippen LogP contribution in [0, 0.1) is 13.8 Å². The molecule has 0 aliphatic heterocycles. The minimum Gasteiger partial charge on any atom is -0.497 e. The largest absolute Gasteiger partial charge is 0.497 e. The first kappa shape index (κ1) is 17.9. The number of rotatable bonds is 8. The number of methoxy groups -OCH3 is 1. The maximum absolute atomic E-state index is 11.9. The van der Waals surface area contributed by atoms with Crippen molar-refractivity contribution in [2.24, 2.45) is 0 Å². The molecule has 0 saturated carbocycles. The van der Waals surface area contributed by atoms with E-state index in [0.29, 0.717) is 6.54 Å². The molecule has 24 heavy (non-hydrogen) atoms. The van der Waals surface area contributed by atoms with Crippen molar-refractivity contribution in [1.82, 2.24) is 5.32 Å². The van der Waals surface area contributed by atoms with E-state index >= 15 is 0 Å². The van der Waals surface area contributed by atoms with Gasteiger partial charge in [-0.15, -0.1) is 0 Å². The third-order valence-electron chi connectivity index (χ3n) is 3.79. The third kappa shape index (κ3) is 5.61. The van der Waals surface area contributed by atoms with Gasteiger partial charge in [-0.2, -0.15) is 0 Å². The summed E-state index contributed by atoms with van der Waals surface area (Å²) in [6.45, 7) is 4.69. The molecule has 2 aromatic rings. The first-order valence-electron chi connectivity index (χ1n) is 8.18. The topological polar surface area (TPSA) is 47.6 Å². The van der Waals surface area contributed by atoms with Gasteiger partial charge in [-0.1, -0.05) is 29.8 Å². The van der Waals surface area contributed by atoms with Crippen molar-refractivity contribution in [3.8, 4) is 11.5 Å². The summed E-state index contributed by atoms with van der Waals surface area (Å²) in [7, 11) is 1.66. The maximum Gasteiger partial charge on any atom is 0.257 e. The fourth-order valence-electron chi connectivity index (χ4n) is 2.50. The van der Waals surface area contributed by atoms with Gasteiger partial charge in [0, 0.05) is 6.54 Å². The molecule has 4 heteroatoms. The quantitative estimate of drug-likeness (QED) is 0.756. The Hall–Kier alpha value is -2.49. The minimum absolute atomic E-state index is 0.0447. The van der Waals surface area contributed by atoms with Gasteiger partial charge in [-0.05, 0) is 56.0 Å². The lowest BCUT2D eigenvalue weighted by atomic mass is 10.1. The lowest BCUT2D eigenvalue weighted by Crippen LogP contribution is -2.30. The summed E-state index contributed by atoms with van der Waals surface area (Å²) in [5, 5.41) is 2.89. The summed E-state index contributed by atoms with van der Waals surface area (Å²) < 4.78 is 10.8. The van der Waals surface area contributed by atoms with Crippen LogP contribution in [-0.4, -0.2) is 26.2 Å². The third-order valence-corrected chi connectivity index (χ3v) is 3.79. The van der Waals surface area contributed by atoms with Crippen molar-refractivity contribution >= 4 is 5.91 Å². The van der Waals surface area contributed by atoms with Crippen molar-refractivity contribution in [2.75, 3.05) is 20.3 Å². The van der Waals surface area contributed by atoms with E-state index in [4.69, 9.17) is 9.47 Å². The summed E-state index contributed by atoms with van der Waals surface area (Å²) in [6.07, 6.45) is 1.78. The van der Waals surface area contributed by atoms with E-state index in [1.165, 1.54) is 11.1 Å². The van der Waals surface area contributed by atoms with E-state index in [9.17, 15) is 4.79 Å². The predicted octanol–water partition coefficient (Wildman–Crippen LogP) is 3.44. The van der Waals surface area contributed by atoms with Crippen molar-refractivity contribution < 1.29 is 14.3 Å². The van der Waals surface area contributed by atoms with Gasteiger partial charge in [0.2, 0.25) is 0 Å². The first-order chi connectivity index (χ1) is 11.6. The SMILES string of the molecule is COc1cccc(CCCNC(=O)COc2ccc(C)cc2C)c1. The molecule has 0 fully saturated rings. The van der Waals surface area contributed by atoms with Crippen molar-refractivity contribution in [3.05, 3.63) is 59.2 Å². The van der Waals surface area contributed by atoms with E-state index in [-0.39, 0.29) is 12.5 Å². The van der Waals surface area contributed by atoms with Crippen LogP contribution >= 0.6 is 0 Å². The van der Waals surface area contributed by atoms with Crippen molar-refractivity contribution in [1.29, 1.82) is 0 Å². The van der Waals surface area contributed by atoms with Crippen LogP contribution in [0.2, 0.25) is 0 Å². The second-order valence-electron chi connectivity index (χ2n) is 5.86. The highest BCUT2D eigenvalue weighted by Gasteiger charge is 2.05. The molecule has 0 aliphatic rings. The molecule has 1 N–H and O–H groups in total. The molecule has 2 rings (SSSR count). The fraction of sp³-hybridized carbons (Fsp3) is 0.350. The molecule has 0 aliphatic carbocycles. The molecule has 0 radical (unpaired) electrons. The highest BCUT2D eigenvalue weighted by Crippen LogP contribution is 2.18. The molecule has 2 aromatic carbocycles. The predicted molar refractivity (Wildman–Crippen MR) is 95.7 cm³/mol. The molecule has 0 atom stereocenters. The van der Waals surface area contributed by atoms with E-state index in [2.05, 4.69) is 11.4 Å². The van der Waals surface area contributed by atoms with Gasteiger partial charge in [-0.3, -0.25) is 4.79 Å². The summed E-state index contributed by atoms with van der Waals surface area (Å²) >= 11 is 0. The molecule has 0 unspecified atom stereocenters. The lowest BCUT2D eigenvalue weighted by Gasteiger charge is -2.10. The number of benzene rings is 2. The van der Waals surface area contributed by atoms with Gasteiger partial charge in [-0.25, -0.2) is 0 Å². The Bertz CT molecular complexity index is 682. The molecular weight excluding hydrogens is 302 g/mol. The normalized spacial score (nSPS) is 10.3. The number of nitrogens with one attached hydrogen (secondary N) is 1. The number of carbonyl (C=O) groups excluding carboxylic acids is 1. The molecular formula is C20H25NO3. The first-order valence-corrected chi connectivity index (χ1v) is 8.18. The van der Waals surface area contributed by atoms with Crippen molar-refractivity contribution in [3.63, 3.8) is 0 Å². The summed E-state index contributed by atoms with van der Waals surface area (Å²) in [5.41, 5.74) is 3.43. The van der Waals surface area contributed by atoms with Gasteiger partial charge in [0.15, 0.2) is 6.61 Å². The van der Waals surface area contributed by atoms with Gasteiger partial charge in [0.25, 0.3) is 5.91 Å². The monoisotopic (exact) mass is 327 g/mol. The van der Waals surface area contributed by atoms with Crippen LogP contribution in [0.3, 0.4) is 0 Å². The summed E-state index contributed by atoms with van der Waals surface area (Å²) in [4.78, 5) is 11.9. The zero-order valence-electron chi connectivity index (χ0n) is 14.6. The number of amides is 1. The minimum atomic E-state index is -0.0967. The Labute approximate surface area is 143 Å². The van der Waals surface area contributed by atoms with Gasteiger partial charge in [0.1, 0.15) is 11.5 Å². The molecule has 1 amide bonds. The molecule has 0 saturated heterocycles. The number of carbonyl (C=O) groups is 1. The van der Waals surface area contributed by atoms with E-state index in [1.54, 1.807) is 7.11 Å². The Morgan fingerprint density at radius 2 is 1.96 bits per heavy atom. The molecule has 128 valence electrons. The van der Waals surface area contributed by atoms with Gasteiger partial charge in [0.05, 0.1) is 7.11 Å². The second-order valence-corrected chi connectivity index (χ2v) is 5.86. The summed E-state index contributed by atoms with van der Waals surface area (Å²) in [5.74, 6) is 1.52. The van der Waals surface area contributed by atoms with E-state index < -0.39 is 0 Å². The van der Waals surface area contributed by atoms with Crippen LogP contribution in [0.15, 0.2) is 42.5 Å². The Morgan fingerprint density at radius 3 is 2.71 bits per heavy atom. The molecule has 0 heterocycles. The van der Waals surface area contributed by atoms with Crippen LogP contribution in [0.4, 0.5) is 0 Å². The standard InChI is InChI=1S/C20H25NO3/c1-15-9-10-19(16(2)12-15)24-14-20(22)21-11-5-7-17-6-4-8-18(13-17)23-3/h4,6,8-10,12-13H,5,7,11,14H2,1-3H3,(H,21,22). The molecule has 0 bridgehead atoms. The van der Waals surface area contributed by atoms with Gasteiger partial charge < -0.3 is 14.8 Å². The number of ether oxygens (including phenoxy) is 2. The highest BCUT2D eigenvalue weighted by molar-refractivity contribution is 5.77. The van der Waals surface area contributed by atoms with Gasteiger partial charge >= 0.3 is 0 Å². The highest BCUT2D eigenvalue weighted by atomic mass is 16.5. The summed E-state index contributed by atoms with van der Waals surface area (Å²) in [6, 6.07) is 13.9. The smallest absolute Gasteiger partial charge is 0.257 e.